The van der Waals surface area contributed by atoms with Gasteiger partial charge >= 0.3 is 0 Å². The molecule has 2 atom stereocenters. The molecular weight excluding hydrogens is 328 g/mol. The van der Waals surface area contributed by atoms with Crippen molar-refractivity contribution >= 4 is 17.7 Å². The first-order chi connectivity index (χ1) is 12.5. The molecule has 2 heterocycles. The van der Waals surface area contributed by atoms with Gasteiger partial charge in [-0.3, -0.25) is 19.3 Å². The van der Waals surface area contributed by atoms with Crippen LogP contribution in [0.2, 0.25) is 0 Å². The third kappa shape index (κ3) is 2.96. The summed E-state index contributed by atoms with van der Waals surface area (Å²) in [5.74, 6) is -0.347. The number of carbonyl (C=O) groups excluding carboxylic acids is 3. The summed E-state index contributed by atoms with van der Waals surface area (Å²) in [6.07, 6.45) is 6.51. The first kappa shape index (κ1) is 17.0. The smallest absolute Gasteiger partial charge is 0.233 e. The number of likely N-dealkylation sites (tertiary alicyclic amines) is 2. The summed E-state index contributed by atoms with van der Waals surface area (Å²) >= 11 is 0. The van der Waals surface area contributed by atoms with Crippen LogP contribution in [0.1, 0.15) is 30.4 Å². The van der Waals surface area contributed by atoms with Crippen LogP contribution in [0.25, 0.3) is 0 Å². The SMILES string of the molecule is Cc1cccc(CCC(=O)N2CC(N3C(=O)C4CC=CCC4C3=O)C2)c1. The Balaban J connectivity index is 1.30. The fourth-order valence-electron chi connectivity index (χ4n) is 4.29. The maximum Gasteiger partial charge on any atom is 0.233 e. The number of aryl methyl sites for hydroxylation is 2. The van der Waals surface area contributed by atoms with Gasteiger partial charge in [0.2, 0.25) is 17.7 Å². The lowest BCUT2D eigenvalue weighted by Gasteiger charge is -2.43. The van der Waals surface area contributed by atoms with E-state index >= 15 is 0 Å². The molecule has 5 nitrogen and oxygen atoms in total. The van der Waals surface area contributed by atoms with Gasteiger partial charge in [-0.1, -0.05) is 42.0 Å². The van der Waals surface area contributed by atoms with Crippen molar-refractivity contribution in [3.8, 4) is 0 Å². The summed E-state index contributed by atoms with van der Waals surface area (Å²) in [6.45, 7) is 3.01. The molecule has 2 fully saturated rings. The van der Waals surface area contributed by atoms with Crippen molar-refractivity contribution in [2.75, 3.05) is 13.1 Å². The number of imide groups is 1. The molecule has 2 saturated heterocycles. The Morgan fingerprint density at radius 2 is 1.73 bits per heavy atom. The lowest BCUT2D eigenvalue weighted by Crippen LogP contribution is -2.62. The second kappa shape index (κ2) is 6.71. The molecule has 4 rings (SSSR count). The second-order valence-corrected chi connectivity index (χ2v) is 7.64. The minimum absolute atomic E-state index is 0.0405. The zero-order chi connectivity index (χ0) is 18.3. The number of allylic oxidation sites excluding steroid dienone is 2. The average Bonchev–Trinajstić information content (AvgIpc) is 2.84. The number of hydrogen-bond acceptors (Lipinski definition) is 3. The molecule has 3 amide bonds. The molecule has 1 aromatic rings. The number of fused-ring (bicyclic) bond motifs is 1. The van der Waals surface area contributed by atoms with Crippen molar-refractivity contribution in [1.82, 2.24) is 9.80 Å². The van der Waals surface area contributed by atoms with Crippen LogP contribution >= 0.6 is 0 Å². The van der Waals surface area contributed by atoms with Gasteiger partial charge in [0.15, 0.2) is 0 Å². The Morgan fingerprint density at radius 3 is 2.35 bits per heavy atom. The molecule has 0 saturated carbocycles. The predicted molar refractivity (Wildman–Crippen MR) is 97.1 cm³/mol. The van der Waals surface area contributed by atoms with E-state index in [2.05, 4.69) is 6.07 Å². The highest BCUT2D eigenvalue weighted by Gasteiger charge is 2.52. The van der Waals surface area contributed by atoms with Crippen LogP contribution in [0, 0.1) is 18.8 Å². The van der Waals surface area contributed by atoms with E-state index < -0.39 is 0 Å². The molecule has 0 bridgehead atoms. The third-order valence-electron chi connectivity index (χ3n) is 5.83. The first-order valence-electron chi connectivity index (χ1n) is 9.40. The highest BCUT2D eigenvalue weighted by Crippen LogP contribution is 2.37. The number of hydrogen-bond donors (Lipinski definition) is 0. The van der Waals surface area contributed by atoms with Crippen molar-refractivity contribution in [1.29, 1.82) is 0 Å². The standard InChI is InChI=1S/C21H24N2O3/c1-14-5-4-6-15(11-14)9-10-19(24)22-12-16(13-22)23-20(25)17-7-2-3-8-18(17)21(23)26/h2-6,11,16-18H,7-10,12-13H2,1H3. The quantitative estimate of drug-likeness (QED) is 0.616. The molecular formula is C21H24N2O3. The maximum atomic E-state index is 12.6. The fraction of sp³-hybridized carbons (Fsp3) is 0.476. The largest absolute Gasteiger partial charge is 0.338 e. The Kier molecular flexibility index (Phi) is 4.39. The number of amides is 3. The summed E-state index contributed by atoms with van der Waals surface area (Å²) in [7, 11) is 0. The van der Waals surface area contributed by atoms with E-state index in [1.54, 1.807) is 4.90 Å². The van der Waals surface area contributed by atoms with E-state index in [1.165, 1.54) is 10.5 Å². The molecule has 0 radical (unpaired) electrons. The van der Waals surface area contributed by atoms with Gasteiger partial charge in [-0.05, 0) is 31.7 Å². The lowest BCUT2D eigenvalue weighted by atomic mass is 9.85. The second-order valence-electron chi connectivity index (χ2n) is 7.64. The zero-order valence-electron chi connectivity index (χ0n) is 15.1. The zero-order valence-corrected chi connectivity index (χ0v) is 15.1. The van der Waals surface area contributed by atoms with Gasteiger partial charge in [0.25, 0.3) is 0 Å². The molecule has 3 aliphatic rings. The van der Waals surface area contributed by atoms with Crippen molar-refractivity contribution in [3.63, 3.8) is 0 Å². The highest BCUT2D eigenvalue weighted by molar-refractivity contribution is 6.06. The first-order valence-corrected chi connectivity index (χ1v) is 9.40. The number of benzene rings is 1. The summed E-state index contributed by atoms with van der Waals surface area (Å²) < 4.78 is 0. The molecule has 1 aliphatic carbocycles. The number of carbonyl (C=O) groups is 3. The van der Waals surface area contributed by atoms with Crippen LogP contribution in [-0.2, 0) is 20.8 Å². The average molecular weight is 352 g/mol. The number of rotatable bonds is 4. The Morgan fingerprint density at radius 1 is 1.08 bits per heavy atom. The van der Waals surface area contributed by atoms with Gasteiger partial charge in [-0.25, -0.2) is 0 Å². The Hall–Kier alpha value is -2.43. The lowest BCUT2D eigenvalue weighted by molar-refractivity contribution is -0.152. The third-order valence-corrected chi connectivity index (χ3v) is 5.83. The van der Waals surface area contributed by atoms with Crippen molar-refractivity contribution < 1.29 is 14.4 Å². The molecule has 1 aromatic carbocycles. The molecule has 2 unspecified atom stereocenters. The van der Waals surface area contributed by atoms with E-state index in [0.717, 1.165) is 12.0 Å². The van der Waals surface area contributed by atoms with Crippen molar-refractivity contribution in [2.24, 2.45) is 11.8 Å². The van der Waals surface area contributed by atoms with Gasteiger partial charge in [0.05, 0.1) is 17.9 Å². The van der Waals surface area contributed by atoms with E-state index in [-0.39, 0.29) is 35.6 Å². The summed E-state index contributed by atoms with van der Waals surface area (Å²) in [4.78, 5) is 40.7. The van der Waals surface area contributed by atoms with Gasteiger partial charge in [0, 0.05) is 19.5 Å². The summed E-state index contributed by atoms with van der Waals surface area (Å²) in [5, 5.41) is 0. The molecule has 26 heavy (non-hydrogen) atoms. The van der Waals surface area contributed by atoms with E-state index in [1.807, 2.05) is 37.3 Å². The molecule has 0 aromatic heterocycles. The van der Waals surface area contributed by atoms with Crippen LogP contribution in [0.15, 0.2) is 36.4 Å². The normalized spacial score (nSPS) is 25.4. The topological polar surface area (TPSA) is 57.7 Å². The predicted octanol–water partition coefficient (Wildman–Crippen LogP) is 2.09. The van der Waals surface area contributed by atoms with Crippen molar-refractivity contribution in [2.45, 2.75) is 38.6 Å². The van der Waals surface area contributed by atoms with Gasteiger partial charge in [0.1, 0.15) is 0 Å². The number of nitrogens with zero attached hydrogens (tertiary/aromatic N) is 2. The molecule has 0 N–H and O–H groups in total. The van der Waals surface area contributed by atoms with E-state index in [0.29, 0.717) is 32.4 Å². The highest BCUT2D eigenvalue weighted by atomic mass is 16.2. The molecule has 136 valence electrons. The van der Waals surface area contributed by atoms with Gasteiger partial charge in [-0.2, -0.15) is 0 Å². The van der Waals surface area contributed by atoms with Crippen LogP contribution in [0.4, 0.5) is 0 Å². The maximum absolute atomic E-state index is 12.6. The fourth-order valence-corrected chi connectivity index (χ4v) is 4.29. The van der Waals surface area contributed by atoms with E-state index in [4.69, 9.17) is 0 Å². The monoisotopic (exact) mass is 352 g/mol. The Bertz CT molecular complexity index is 753. The minimum atomic E-state index is -0.182. The van der Waals surface area contributed by atoms with Crippen molar-refractivity contribution in [3.05, 3.63) is 47.5 Å². The Labute approximate surface area is 153 Å². The molecule has 5 heteroatoms. The molecule has 0 spiro atoms. The van der Waals surface area contributed by atoms with Gasteiger partial charge < -0.3 is 4.90 Å². The summed E-state index contributed by atoms with van der Waals surface area (Å²) in [5.41, 5.74) is 2.36. The summed E-state index contributed by atoms with van der Waals surface area (Å²) in [6, 6.07) is 8.06. The van der Waals surface area contributed by atoms with E-state index in [9.17, 15) is 14.4 Å². The molecule has 2 aliphatic heterocycles. The minimum Gasteiger partial charge on any atom is -0.338 e. The van der Waals surface area contributed by atoms with Crippen LogP contribution < -0.4 is 0 Å². The van der Waals surface area contributed by atoms with Crippen LogP contribution in [0.5, 0.6) is 0 Å². The van der Waals surface area contributed by atoms with Crippen LogP contribution in [0.3, 0.4) is 0 Å². The van der Waals surface area contributed by atoms with Crippen LogP contribution in [-0.4, -0.2) is 46.7 Å². The van der Waals surface area contributed by atoms with Gasteiger partial charge in [-0.15, -0.1) is 0 Å².